The van der Waals surface area contributed by atoms with Crippen LogP contribution < -0.4 is 10.2 Å². The number of likely N-dealkylation sites (N-methyl/N-ethyl adjacent to an activating group) is 1. The number of rotatable bonds is 6. The Hall–Kier alpha value is -2.07. The van der Waals surface area contributed by atoms with Gasteiger partial charge in [-0.2, -0.15) is 0 Å². The van der Waals surface area contributed by atoms with Gasteiger partial charge in [-0.25, -0.2) is 0 Å². The quantitative estimate of drug-likeness (QED) is 0.887. The first-order chi connectivity index (χ1) is 11.4. The summed E-state index contributed by atoms with van der Waals surface area (Å²) in [6.07, 6.45) is 2.83. The van der Waals surface area contributed by atoms with Crippen molar-refractivity contribution < 1.29 is 4.74 Å². The van der Waals surface area contributed by atoms with E-state index in [9.17, 15) is 4.79 Å². The maximum Gasteiger partial charge on any atom is 0.223 e. The number of aromatic nitrogens is 1. The second-order valence-electron chi connectivity index (χ2n) is 7.57. The van der Waals surface area contributed by atoms with Gasteiger partial charge in [-0.05, 0) is 24.4 Å². The van der Waals surface area contributed by atoms with Gasteiger partial charge in [0.15, 0.2) is 5.75 Å². The molecule has 1 aliphatic rings. The van der Waals surface area contributed by atoms with Crippen LogP contribution in [-0.4, -0.2) is 30.6 Å². The molecule has 0 amide bonds. The summed E-state index contributed by atoms with van der Waals surface area (Å²) in [5.74, 6) is 0.352. The maximum absolute atomic E-state index is 11.9. The molecule has 0 aliphatic heterocycles. The molecule has 0 radical (unpaired) electrons. The van der Waals surface area contributed by atoms with Crippen LogP contribution in [0.3, 0.4) is 0 Å². The van der Waals surface area contributed by atoms with Gasteiger partial charge in [0, 0.05) is 36.5 Å². The van der Waals surface area contributed by atoms with Crippen molar-refractivity contribution in [2.75, 3.05) is 20.7 Å². The molecule has 0 saturated heterocycles. The highest BCUT2D eigenvalue weighted by atomic mass is 16.5. The molecule has 1 N–H and O–H groups in total. The van der Waals surface area contributed by atoms with E-state index in [0.717, 1.165) is 12.2 Å². The molecule has 4 nitrogen and oxygen atoms in total. The van der Waals surface area contributed by atoms with Crippen molar-refractivity contribution in [1.82, 2.24) is 9.88 Å². The Labute approximate surface area is 143 Å². The number of methoxy groups -OCH3 is 1. The Balaban J connectivity index is 1.75. The molecule has 24 heavy (non-hydrogen) atoms. The van der Waals surface area contributed by atoms with Crippen LogP contribution in [0.1, 0.15) is 31.5 Å². The minimum atomic E-state index is -0.0795. The summed E-state index contributed by atoms with van der Waals surface area (Å²) in [7, 11) is 3.62. The molecule has 1 fully saturated rings. The van der Waals surface area contributed by atoms with Crippen molar-refractivity contribution in [3.63, 3.8) is 0 Å². The molecule has 128 valence electrons. The molecule has 1 aromatic heterocycles. The maximum atomic E-state index is 11.9. The Morgan fingerprint density at radius 2 is 1.92 bits per heavy atom. The van der Waals surface area contributed by atoms with Crippen molar-refractivity contribution in [3.8, 4) is 5.75 Å². The van der Waals surface area contributed by atoms with Crippen molar-refractivity contribution in [1.29, 1.82) is 0 Å². The third-order valence-electron chi connectivity index (χ3n) is 5.38. The molecule has 0 unspecified atom stereocenters. The molecular weight excluding hydrogens is 300 g/mol. The van der Waals surface area contributed by atoms with Crippen LogP contribution in [0, 0.1) is 5.41 Å². The average Bonchev–Trinajstić information content (AvgIpc) is 3.10. The third-order valence-corrected chi connectivity index (χ3v) is 5.38. The zero-order chi connectivity index (χ0) is 17.4. The van der Waals surface area contributed by atoms with Crippen molar-refractivity contribution in [2.24, 2.45) is 5.41 Å². The lowest BCUT2D eigenvalue weighted by Gasteiger charge is -2.27. The molecule has 2 aromatic rings. The van der Waals surface area contributed by atoms with Crippen LogP contribution in [0.25, 0.3) is 0 Å². The van der Waals surface area contributed by atoms with Gasteiger partial charge in [0.2, 0.25) is 5.43 Å². The summed E-state index contributed by atoms with van der Waals surface area (Å²) in [6, 6.07) is 12.4. The van der Waals surface area contributed by atoms with Gasteiger partial charge in [0.25, 0.3) is 0 Å². The summed E-state index contributed by atoms with van der Waals surface area (Å²) in [5, 5.41) is 0. The van der Waals surface area contributed by atoms with Gasteiger partial charge in [-0.15, -0.1) is 0 Å². The lowest BCUT2D eigenvalue weighted by atomic mass is 9.87. The first-order valence-electron chi connectivity index (χ1n) is 8.38. The number of aromatic amines is 1. The Morgan fingerprint density at radius 1 is 1.25 bits per heavy atom. The Bertz CT molecular complexity index is 767. The fourth-order valence-electron chi connectivity index (χ4n) is 3.88. The van der Waals surface area contributed by atoms with Crippen LogP contribution in [-0.2, 0) is 12.0 Å². The largest absolute Gasteiger partial charge is 0.491 e. The predicted molar refractivity (Wildman–Crippen MR) is 96.5 cm³/mol. The first kappa shape index (κ1) is 16.8. The van der Waals surface area contributed by atoms with Crippen LogP contribution in [0.4, 0.5) is 0 Å². The number of benzene rings is 1. The normalized spacial score (nSPS) is 21.7. The highest BCUT2D eigenvalue weighted by molar-refractivity contribution is 5.37. The highest BCUT2D eigenvalue weighted by Crippen LogP contribution is 2.64. The molecule has 1 heterocycles. The minimum Gasteiger partial charge on any atom is -0.491 e. The SMILES string of the molecule is COc1c[nH]c(CN(C)C[C@@]2(c3ccccc3)CC2(C)C)cc1=O. The van der Waals surface area contributed by atoms with Gasteiger partial charge in [0.1, 0.15) is 0 Å². The fourth-order valence-corrected chi connectivity index (χ4v) is 3.88. The van der Waals surface area contributed by atoms with Crippen molar-refractivity contribution in [3.05, 3.63) is 64.1 Å². The standard InChI is InChI=1S/C20H26N2O2/c1-19(2)13-20(19,15-8-6-5-7-9-15)14-22(3)12-16-10-17(23)18(24-4)11-21-16/h5-11H,12-14H2,1-4H3,(H,21,23)/t20-/m1/s1. The van der Waals surface area contributed by atoms with Crippen LogP contribution in [0.5, 0.6) is 5.75 Å². The Kier molecular flexibility index (Phi) is 4.26. The third kappa shape index (κ3) is 2.98. The van der Waals surface area contributed by atoms with E-state index in [1.807, 2.05) is 0 Å². The van der Waals surface area contributed by atoms with E-state index in [1.165, 1.54) is 19.1 Å². The zero-order valence-electron chi connectivity index (χ0n) is 14.9. The van der Waals surface area contributed by atoms with Crippen LogP contribution in [0.15, 0.2) is 47.4 Å². The summed E-state index contributed by atoms with van der Waals surface area (Å²) >= 11 is 0. The van der Waals surface area contributed by atoms with E-state index in [1.54, 1.807) is 12.3 Å². The molecule has 4 heteroatoms. The average molecular weight is 326 g/mol. The number of hydrogen-bond donors (Lipinski definition) is 1. The molecular formula is C20H26N2O2. The Morgan fingerprint density at radius 3 is 2.46 bits per heavy atom. The molecule has 3 rings (SSSR count). The fraction of sp³-hybridized carbons (Fsp3) is 0.450. The number of H-pyrrole nitrogens is 1. The first-order valence-corrected chi connectivity index (χ1v) is 8.38. The van der Waals surface area contributed by atoms with Crippen molar-refractivity contribution >= 4 is 0 Å². The predicted octanol–water partition coefficient (Wildman–Crippen LogP) is 3.18. The zero-order valence-corrected chi connectivity index (χ0v) is 14.9. The van der Waals surface area contributed by atoms with Crippen molar-refractivity contribution in [2.45, 2.75) is 32.2 Å². The molecule has 0 bridgehead atoms. The number of ether oxygens (including phenoxy) is 1. The van der Waals surface area contributed by atoms with Gasteiger partial charge >= 0.3 is 0 Å². The van der Waals surface area contributed by atoms with E-state index < -0.39 is 0 Å². The lowest BCUT2D eigenvalue weighted by molar-refractivity contribution is 0.268. The van der Waals surface area contributed by atoms with E-state index in [2.05, 4.69) is 61.1 Å². The molecule has 1 saturated carbocycles. The summed E-state index contributed by atoms with van der Waals surface area (Å²) in [4.78, 5) is 17.4. The van der Waals surface area contributed by atoms with Gasteiger partial charge < -0.3 is 9.72 Å². The summed E-state index contributed by atoms with van der Waals surface area (Å²) < 4.78 is 5.02. The number of nitrogens with one attached hydrogen (secondary N) is 1. The van der Waals surface area contributed by atoms with E-state index in [0.29, 0.717) is 17.7 Å². The van der Waals surface area contributed by atoms with Crippen LogP contribution >= 0.6 is 0 Å². The number of pyridine rings is 1. The van der Waals surface area contributed by atoms with Crippen LogP contribution in [0.2, 0.25) is 0 Å². The minimum absolute atomic E-state index is 0.0795. The number of hydrogen-bond acceptors (Lipinski definition) is 3. The topological polar surface area (TPSA) is 45.3 Å². The summed E-state index contributed by atoms with van der Waals surface area (Å²) in [5.41, 5.74) is 2.73. The van der Waals surface area contributed by atoms with E-state index in [-0.39, 0.29) is 10.8 Å². The molecule has 1 atom stereocenters. The van der Waals surface area contributed by atoms with Gasteiger partial charge in [-0.1, -0.05) is 44.2 Å². The summed E-state index contributed by atoms with van der Waals surface area (Å²) in [6.45, 7) is 6.36. The second-order valence-corrected chi connectivity index (χ2v) is 7.57. The highest BCUT2D eigenvalue weighted by Gasteiger charge is 2.61. The van der Waals surface area contributed by atoms with E-state index in [4.69, 9.17) is 4.74 Å². The molecule has 0 spiro atoms. The lowest BCUT2D eigenvalue weighted by Crippen LogP contribution is -2.32. The molecule has 1 aromatic carbocycles. The van der Waals surface area contributed by atoms with E-state index >= 15 is 0 Å². The molecule has 1 aliphatic carbocycles. The second kappa shape index (κ2) is 6.10. The smallest absolute Gasteiger partial charge is 0.223 e. The monoisotopic (exact) mass is 326 g/mol. The van der Waals surface area contributed by atoms with Gasteiger partial charge in [-0.3, -0.25) is 9.69 Å². The van der Waals surface area contributed by atoms with Gasteiger partial charge in [0.05, 0.1) is 7.11 Å². The number of nitrogens with zero attached hydrogens (tertiary/aromatic N) is 1.